The number of nitrogens with zero attached hydrogens (tertiary/aromatic N) is 2. The lowest BCUT2D eigenvalue weighted by molar-refractivity contribution is 0.101. The number of rotatable bonds is 3. The average molecular weight is 383 g/mol. The summed E-state index contributed by atoms with van der Waals surface area (Å²) in [6, 6.07) is 7.64. The number of carbonyl (C=O) groups excluding carboxylic acids is 1. The first-order valence-corrected chi connectivity index (χ1v) is 9.74. The number of hydrogen-bond donors (Lipinski definition) is 1. The highest BCUT2D eigenvalue weighted by Crippen LogP contribution is 2.38. The smallest absolute Gasteiger partial charge is 0.279 e. The first kappa shape index (κ1) is 15.5. The van der Waals surface area contributed by atoms with Crippen molar-refractivity contribution in [3.05, 3.63) is 45.8 Å². The second-order valence-corrected chi connectivity index (χ2v) is 7.93. The number of thiazole rings is 1. The molecule has 0 unspecified atom stereocenters. The number of thiophene rings is 1. The lowest BCUT2D eigenvalue weighted by Gasteiger charge is -2.10. The van der Waals surface area contributed by atoms with Crippen molar-refractivity contribution in [1.82, 2.24) is 10.1 Å². The molecule has 0 saturated heterocycles. The van der Waals surface area contributed by atoms with Crippen LogP contribution >= 0.6 is 22.7 Å². The maximum atomic E-state index is 12.7. The summed E-state index contributed by atoms with van der Waals surface area (Å²) in [6.45, 7) is 0. The van der Waals surface area contributed by atoms with Gasteiger partial charge in [0.2, 0.25) is 0 Å². The second-order valence-electron chi connectivity index (χ2n) is 5.90. The molecule has 1 aliphatic rings. The van der Waals surface area contributed by atoms with Gasteiger partial charge in [0.05, 0.1) is 17.3 Å². The minimum absolute atomic E-state index is 0.292. The van der Waals surface area contributed by atoms with Crippen LogP contribution in [0.3, 0.4) is 0 Å². The summed E-state index contributed by atoms with van der Waals surface area (Å²) in [5, 5.41) is 9.44. The largest absolute Gasteiger partial charge is 0.497 e. The van der Waals surface area contributed by atoms with E-state index in [1.54, 1.807) is 18.4 Å². The fourth-order valence-electron chi connectivity index (χ4n) is 3.15. The van der Waals surface area contributed by atoms with Gasteiger partial charge in [-0.05, 0) is 42.5 Å². The maximum Gasteiger partial charge on any atom is 0.279 e. The number of aryl methyl sites for hydroxylation is 1. The van der Waals surface area contributed by atoms with E-state index in [0.717, 1.165) is 39.9 Å². The minimum Gasteiger partial charge on any atom is -0.497 e. The van der Waals surface area contributed by atoms with Gasteiger partial charge >= 0.3 is 0 Å². The maximum absolute atomic E-state index is 12.7. The summed E-state index contributed by atoms with van der Waals surface area (Å²) in [5.74, 6) is 1.18. The molecule has 5 rings (SSSR count). The zero-order valence-electron chi connectivity index (χ0n) is 13.7. The van der Waals surface area contributed by atoms with E-state index in [9.17, 15) is 4.79 Å². The van der Waals surface area contributed by atoms with Gasteiger partial charge in [-0.25, -0.2) is 4.98 Å². The fourth-order valence-corrected chi connectivity index (χ4v) is 4.91. The topological polar surface area (TPSA) is 77.2 Å². The predicted molar refractivity (Wildman–Crippen MR) is 101 cm³/mol. The highest BCUT2D eigenvalue weighted by atomic mass is 32.1. The second kappa shape index (κ2) is 5.93. The van der Waals surface area contributed by atoms with Crippen molar-refractivity contribution in [1.29, 1.82) is 0 Å². The highest BCUT2D eigenvalue weighted by Gasteiger charge is 2.28. The number of methoxy groups -OCH3 is 1. The van der Waals surface area contributed by atoms with Crippen LogP contribution in [0.1, 0.15) is 20.9 Å². The summed E-state index contributed by atoms with van der Waals surface area (Å²) in [4.78, 5) is 18.4. The molecule has 1 amide bonds. The summed E-state index contributed by atoms with van der Waals surface area (Å²) in [5.41, 5.74) is 3.08. The SMILES string of the molecule is COc1ccc2nc(NC(=O)c3noc4c3CCc3sccc3-4)sc2c1. The van der Waals surface area contributed by atoms with Crippen LogP contribution in [0.15, 0.2) is 34.2 Å². The van der Waals surface area contributed by atoms with Gasteiger partial charge in [-0.15, -0.1) is 11.3 Å². The molecular formula is C18H13N3O3S2. The van der Waals surface area contributed by atoms with Crippen LogP contribution in [0.4, 0.5) is 5.13 Å². The Kier molecular flexibility index (Phi) is 3.54. The van der Waals surface area contributed by atoms with E-state index in [2.05, 4.69) is 15.5 Å². The van der Waals surface area contributed by atoms with Crippen molar-refractivity contribution < 1.29 is 14.1 Å². The van der Waals surface area contributed by atoms with Crippen LogP contribution in [0.2, 0.25) is 0 Å². The zero-order chi connectivity index (χ0) is 17.7. The molecule has 1 aliphatic carbocycles. The molecule has 1 aromatic carbocycles. The Morgan fingerprint density at radius 2 is 2.23 bits per heavy atom. The summed E-state index contributed by atoms with van der Waals surface area (Å²) >= 11 is 3.11. The molecule has 26 heavy (non-hydrogen) atoms. The Morgan fingerprint density at radius 1 is 1.31 bits per heavy atom. The van der Waals surface area contributed by atoms with Gasteiger partial charge < -0.3 is 9.26 Å². The molecule has 3 heterocycles. The molecule has 0 aliphatic heterocycles. The van der Waals surface area contributed by atoms with Gasteiger partial charge in [0, 0.05) is 16.0 Å². The average Bonchev–Trinajstić information content (AvgIpc) is 3.36. The first-order valence-electron chi connectivity index (χ1n) is 8.04. The molecule has 0 bridgehead atoms. The molecule has 0 radical (unpaired) electrons. The molecule has 6 nitrogen and oxygen atoms in total. The van der Waals surface area contributed by atoms with E-state index in [4.69, 9.17) is 9.26 Å². The van der Waals surface area contributed by atoms with Crippen LogP contribution in [0, 0.1) is 0 Å². The van der Waals surface area contributed by atoms with E-state index < -0.39 is 0 Å². The van der Waals surface area contributed by atoms with Gasteiger partial charge in [0.15, 0.2) is 16.6 Å². The molecule has 0 saturated carbocycles. The molecule has 8 heteroatoms. The van der Waals surface area contributed by atoms with E-state index in [1.807, 2.05) is 29.6 Å². The quantitative estimate of drug-likeness (QED) is 0.568. The highest BCUT2D eigenvalue weighted by molar-refractivity contribution is 7.22. The van der Waals surface area contributed by atoms with Gasteiger partial charge in [-0.1, -0.05) is 16.5 Å². The molecule has 130 valence electrons. The van der Waals surface area contributed by atoms with Crippen LogP contribution < -0.4 is 10.1 Å². The van der Waals surface area contributed by atoms with Crippen LogP contribution in [0.5, 0.6) is 5.75 Å². The van der Waals surface area contributed by atoms with Crippen molar-refractivity contribution in [2.75, 3.05) is 12.4 Å². The monoisotopic (exact) mass is 383 g/mol. The predicted octanol–water partition coefficient (Wildman–Crippen LogP) is 4.37. The Labute approximate surface area is 156 Å². The van der Waals surface area contributed by atoms with Gasteiger partial charge in [-0.3, -0.25) is 10.1 Å². The van der Waals surface area contributed by atoms with Crippen molar-refractivity contribution in [3.63, 3.8) is 0 Å². The van der Waals surface area contributed by atoms with Gasteiger partial charge in [0.25, 0.3) is 5.91 Å². The Balaban J connectivity index is 1.45. The Morgan fingerprint density at radius 3 is 3.12 bits per heavy atom. The van der Waals surface area contributed by atoms with Crippen LogP contribution in [-0.2, 0) is 12.8 Å². The molecule has 4 aromatic rings. The third-order valence-electron chi connectivity index (χ3n) is 4.41. The minimum atomic E-state index is -0.292. The van der Waals surface area contributed by atoms with Gasteiger partial charge in [0.1, 0.15) is 5.75 Å². The number of benzene rings is 1. The number of nitrogens with one attached hydrogen (secondary N) is 1. The van der Waals surface area contributed by atoms with Crippen LogP contribution in [0.25, 0.3) is 21.5 Å². The van der Waals surface area contributed by atoms with E-state index in [1.165, 1.54) is 16.2 Å². The van der Waals surface area contributed by atoms with Crippen molar-refractivity contribution in [2.24, 2.45) is 0 Å². The lowest BCUT2D eigenvalue weighted by Crippen LogP contribution is -2.15. The van der Waals surface area contributed by atoms with E-state index in [-0.39, 0.29) is 5.91 Å². The number of hydrogen-bond acceptors (Lipinski definition) is 7. The molecule has 0 fully saturated rings. The molecule has 1 N–H and O–H groups in total. The third kappa shape index (κ3) is 2.41. The van der Waals surface area contributed by atoms with E-state index in [0.29, 0.717) is 16.6 Å². The third-order valence-corrected chi connectivity index (χ3v) is 6.33. The number of ether oxygens (including phenoxy) is 1. The Hall–Kier alpha value is -2.71. The van der Waals surface area contributed by atoms with Crippen LogP contribution in [-0.4, -0.2) is 23.2 Å². The van der Waals surface area contributed by atoms with Gasteiger partial charge in [-0.2, -0.15) is 0 Å². The molecule has 0 atom stereocenters. The summed E-state index contributed by atoms with van der Waals surface area (Å²) in [7, 11) is 1.62. The number of fused-ring (bicyclic) bond motifs is 4. The standard InChI is InChI=1S/C18H13N3O3S2/c1-23-9-2-4-12-14(8-9)26-18(19-12)20-17(22)15-11-3-5-13-10(6-7-25-13)16(11)24-21-15/h2,4,6-8H,3,5H2,1H3,(H,19,20,22). The number of amides is 1. The number of aromatic nitrogens is 2. The zero-order valence-corrected chi connectivity index (χ0v) is 15.4. The van der Waals surface area contributed by atoms with Crippen molar-refractivity contribution >= 4 is 43.9 Å². The normalized spacial score (nSPS) is 12.7. The van der Waals surface area contributed by atoms with E-state index >= 15 is 0 Å². The molecule has 3 aromatic heterocycles. The molecular weight excluding hydrogens is 370 g/mol. The summed E-state index contributed by atoms with van der Waals surface area (Å²) in [6.07, 6.45) is 1.66. The Bertz CT molecular complexity index is 1140. The first-order chi connectivity index (χ1) is 12.7. The lowest BCUT2D eigenvalue weighted by atomic mass is 9.95. The summed E-state index contributed by atoms with van der Waals surface area (Å²) < 4.78 is 11.7. The van der Waals surface area contributed by atoms with Crippen molar-refractivity contribution in [2.45, 2.75) is 12.8 Å². The van der Waals surface area contributed by atoms with Crippen molar-refractivity contribution in [3.8, 4) is 17.1 Å². The fraction of sp³-hybridized carbons (Fsp3) is 0.167. The molecule has 0 spiro atoms. The number of carbonyl (C=O) groups is 1. The number of anilines is 1.